The van der Waals surface area contributed by atoms with Crippen molar-refractivity contribution in [1.82, 2.24) is 4.90 Å². The number of rotatable bonds is 4. The van der Waals surface area contributed by atoms with Crippen molar-refractivity contribution in [3.05, 3.63) is 35.4 Å². The van der Waals surface area contributed by atoms with Crippen LogP contribution in [0, 0.1) is 11.6 Å². The fraction of sp³-hybridized carbons (Fsp3) is 0.571. The van der Waals surface area contributed by atoms with Crippen molar-refractivity contribution in [3.63, 3.8) is 0 Å². The number of nitrogens with zero attached hydrogens (tertiary/aromatic N) is 1. The second-order valence-corrected chi connectivity index (χ2v) is 4.79. The van der Waals surface area contributed by atoms with E-state index in [2.05, 4.69) is 11.8 Å². The topological polar surface area (TPSA) is 38.5 Å². The molecule has 19 heavy (non-hydrogen) atoms. The Hall–Kier alpha value is -1.04. The fourth-order valence-electron chi connectivity index (χ4n) is 2.64. The van der Waals surface area contributed by atoms with Gasteiger partial charge >= 0.3 is 0 Å². The third-order valence-electron chi connectivity index (χ3n) is 3.68. The Kier molecular flexibility index (Phi) is 4.85. The van der Waals surface area contributed by atoms with Crippen LogP contribution in [0.4, 0.5) is 8.78 Å². The van der Waals surface area contributed by atoms with Crippen LogP contribution < -0.4 is 5.73 Å². The van der Waals surface area contributed by atoms with E-state index < -0.39 is 11.6 Å². The summed E-state index contributed by atoms with van der Waals surface area (Å²) < 4.78 is 32.7. The molecule has 2 rings (SSSR count). The Balaban J connectivity index is 2.29. The molecule has 3 nitrogen and oxygen atoms in total. The van der Waals surface area contributed by atoms with E-state index in [-0.39, 0.29) is 18.6 Å². The highest BCUT2D eigenvalue weighted by atomic mass is 19.1. The second-order valence-electron chi connectivity index (χ2n) is 4.79. The first-order valence-electron chi connectivity index (χ1n) is 6.65. The number of hydrogen-bond donors (Lipinski definition) is 1. The van der Waals surface area contributed by atoms with E-state index in [4.69, 9.17) is 10.5 Å². The van der Waals surface area contributed by atoms with Crippen molar-refractivity contribution in [2.45, 2.75) is 25.4 Å². The summed E-state index contributed by atoms with van der Waals surface area (Å²) in [6.07, 6.45) is 0.896. The van der Waals surface area contributed by atoms with Gasteiger partial charge in [-0.15, -0.1) is 0 Å². The van der Waals surface area contributed by atoms with Crippen molar-refractivity contribution >= 4 is 0 Å². The Morgan fingerprint density at radius 3 is 2.95 bits per heavy atom. The molecule has 0 radical (unpaired) electrons. The van der Waals surface area contributed by atoms with E-state index >= 15 is 0 Å². The van der Waals surface area contributed by atoms with Gasteiger partial charge in [0.25, 0.3) is 0 Å². The highest BCUT2D eigenvalue weighted by molar-refractivity contribution is 5.23. The molecule has 2 atom stereocenters. The number of morpholine rings is 1. The molecule has 1 saturated heterocycles. The van der Waals surface area contributed by atoms with Crippen LogP contribution in [0.2, 0.25) is 0 Å². The quantitative estimate of drug-likeness (QED) is 0.910. The van der Waals surface area contributed by atoms with E-state index in [0.717, 1.165) is 18.6 Å². The first kappa shape index (κ1) is 14.4. The fourth-order valence-corrected chi connectivity index (χ4v) is 2.64. The minimum absolute atomic E-state index is 0.199. The molecule has 1 aromatic rings. The van der Waals surface area contributed by atoms with Gasteiger partial charge in [0.1, 0.15) is 11.6 Å². The van der Waals surface area contributed by atoms with Crippen molar-refractivity contribution < 1.29 is 13.5 Å². The molecular weight excluding hydrogens is 250 g/mol. The molecule has 1 aromatic carbocycles. The number of ether oxygens (including phenoxy) is 1. The monoisotopic (exact) mass is 270 g/mol. The Morgan fingerprint density at radius 1 is 1.47 bits per heavy atom. The zero-order chi connectivity index (χ0) is 13.8. The molecule has 2 N–H and O–H groups in total. The molecular formula is C14H20F2N2O. The van der Waals surface area contributed by atoms with Crippen LogP contribution in [-0.4, -0.2) is 37.2 Å². The lowest BCUT2D eigenvalue weighted by atomic mass is 10.0. The maximum absolute atomic E-state index is 13.9. The Labute approximate surface area is 112 Å². The summed E-state index contributed by atoms with van der Waals surface area (Å²) in [6, 6.07) is 3.43. The third kappa shape index (κ3) is 3.11. The predicted molar refractivity (Wildman–Crippen MR) is 69.8 cm³/mol. The molecule has 1 heterocycles. The molecule has 0 amide bonds. The minimum Gasteiger partial charge on any atom is -0.378 e. The summed E-state index contributed by atoms with van der Waals surface area (Å²) in [5.41, 5.74) is 6.14. The Morgan fingerprint density at radius 2 is 2.26 bits per heavy atom. The first-order chi connectivity index (χ1) is 9.17. The summed E-state index contributed by atoms with van der Waals surface area (Å²) in [4.78, 5) is 2.13. The molecule has 0 aliphatic carbocycles. The normalized spacial score (nSPS) is 22.4. The second kappa shape index (κ2) is 6.41. The molecule has 1 aliphatic heterocycles. The zero-order valence-electron chi connectivity index (χ0n) is 11.1. The Bertz CT molecular complexity index is 428. The van der Waals surface area contributed by atoms with Gasteiger partial charge in [-0.1, -0.05) is 6.92 Å². The average Bonchev–Trinajstić information content (AvgIpc) is 2.44. The molecule has 106 valence electrons. The summed E-state index contributed by atoms with van der Waals surface area (Å²) >= 11 is 0. The molecule has 5 heteroatoms. The van der Waals surface area contributed by atoms with E-state index in [1.165, 1.54) is 6.07 Å². The number of halogens is 2. The predicted octanol–water partition coefficient (Wildman–Crippen LogP) is 2.08. The van der Waals surface area contributed by atoms with Gasteiger partial charge in [-0.2, -0.15) is 0 Å². The number of hydrogen-bond acceptors (Lipinski definition) is 3. The molecule has 2 unspecified atom stereocenters. The van der Waals surface area contributed by atoms with Crippen LogP contribution in [0.15, 0.2) is 18.2 Å². The first-order valence-corrected chi connectivity index (χ1v) is 6.65. The van der Waals surface area contributed by atoms with Crippen LogP contribution in [0.25, 0.3) is 0 Å². The summed E-state index contributed by atoms with van der Waals surface area (Å²) in [5, 5.41) is 0. The van der Waals surface area contributed by atoms with Gasteiger partial charge in [-0.05, 0) is 24.6 Å². The van der Waals surface area contributed by atoms with E-state index in [1.807, 2.05) is 0 Å². The lowest BCUT2D eigenvalue weighted by Gasteiger charge is -2.40. The van der Waals surface area contributed by atoms with E-state index in [1.54, 1.807) is 0 Å². The van der Waals surface area contributed by atoms with Gasteiger partial charge in [0.05, 0.1) is 19.3 Å². The van der Waals surface area contributed by atoms with Crippen molar-refractivity contribution in [2.24, 2.45) is 5.73 Å². The van der Waals surface area contributed by atoms with E-state index in [0.29, 0.717) is 25.3 Å². The molecule has 0 spiro atoms. The maximum Gasteiger partial charge on any atom is 0.128 e. The molecule has 1 aliphatic rings. The van der Waals surface area contributed by atoms with Gasteiger partial charge in [0.2, 0.25) is 0 Å². The highest BCUT2D eigenvalue weighted by Crippen LogP contribution is 2.27. The van der Waals surface area contributed by atoms with Gasteiger partial charge < -0.3 is 10.5 Å². The summed E-state index contributed by atoms with van der Waals surface area (Å²) in [7, 11) is 0. The van der Waals surface area contributed by atoms with Crippen LogP contribution in [0.3, 0.4) is 0 Å². The van der Waals surface area contributed by atoms with Gasteiger partial charge in [0.15, 0.2) is 0 Å². The van der Waals surface area contributed by atoms with E-state index in [9.17, 15) is 8.78 Å². The molecule has 0 saturated carbocycles. The lowest BCUT2D eigenvalue weighted by molar-refractivity contribution is -0.0297. The van der Waals surface area contributed by atoms with Crippen molar-refractivity contribution in [1.29, 1.82) is 0 Å². The zero-order valence-corrected chi connectivity index (χ0v) is 11.1. The van der Waals surface area contributed by atoms with Gasteiger partial charge in [-0.3, -0.25) is 4.90 Å². The van der Waals surface area contributed by atoms with Crippen LogP contribution in [0.1, 0.15) is 24.9 Å². The highest BCUT2D eigenvalue weighted by Gasteiger charge is 2.30. The molecule has 0 bridgehead atoms. The smallest absolute Gasteiger partial charge is 0.128 e. The molecule has 1 fully saturated rings. The average molecular weight is 270 g/mol. The SMILES string of the molecule is CCC1COCCN1C(CN)c1cc(F)ccc1F. The lowest BCUT2D eigenvalue weighted by Crippen LogP contribution is -2.49. The number of benzene rings is 1. The van der Waals surface area contributed by atoms with Crippen molar-refractivity contribution in [3.8, 4) is 0 Å². The standard InChI is InChI=1S/C14H20F2N2O/c1-2-11-9-19-6-5-18(11)14(8-17)12-7-10(15)3-4-13(12)16/h3-4,7,11,14H,2,5-6,8-9,17H2,1H3. The van der Waals surface area contributed by atoms with Gasteiger partial charge in [-0.25, -0.2) is 8.78 Å². The summed E-state index contributed by atoms with van der Waals surface area (Å²) in [6.45, 7) is 4.23. The third-order valence-corrected chi connectivity index (χ3v) is 3.68. The largest absolute Gasteiger partial charge is 0.378 e. The summed E-state index contributed by atoms with van der Waals surface area (Å²) in [5.74, 6) is -0.839. The van der Waals surface area contributed by atoms with Crippen molar-refractivity contribution in [2.75, 3.05) is 26.3 Å². The number of nitrogens with two attached hydrogens (primary N) is 1. The minimum atomic E-state index is -0.434. The van der Waals surface area contributed by atoms with Gasteiger partial charge in [0, 0.05) is 24.7 Å². The molecule has 0 aromatic heterocycles. The van der Waals surface area contributed by atoms with Crippen LogP contribution in [-0.2, 0) is 4.74 Å². The van der Waals surface area contributed by atoms with Crippen LogP contribution in [0.5, 0.6) is 0 Å². The maximum atomic E-state index is 13.9. The van der Waals surface area contributed by atoms with Crippen LogP contribution >= 0.6 is 0 Å².